The molecule has 4 heteroatoms. The number of nitrogens with one attached hydrogen (secondary N) is 1. The topological polar surface area (TPSA) is 70.2 Å². The second-order valence-electron chi connectivity index (χ2n) is 5.99. The minimum atomic E-state index is -0.889. The predicted octanol–water partition coefficient (Wildman–Crippen LogP) is 4.75. The van der Waals surface area contributed by atoms with Gasteiger partial charge in [-0.2, -0.15) is 0 Å². The van der Waals surface area contributed by atoms with Gasteiger partial charge in [-0.25, -0.2) is 0 Å². The number of hydrogen-bond acceptors (Lipinski definition) is 2. The zero-order valence-electron chi connectivity index (χ0n) is 13.7. The molecule has 0 aliphatic heterocycles. The molecule has 0 atom stereocenters. The fourth-order valence-electron chi connectivity index (χ4n) is 2.61. The lowest BCUT2D eigenvalue weighted by Gasteiger charge is -2.01. The van der Waals surface area contributed by atoms with Gasteiger partial charge in [0.25, 0.3) is 0 Å². The molecule has 0 amide bonds. The third-order valence-corrected chi connectivity index (χ3v) is 3.91. The van der Waals surface area contributed by atoms with Gasteiger partial charge in [-0.1, -0.05) is 58.3 Å². The highest BCUT2D eigenvalue weighted by atomic mass is 16.4. The van der Waals surface area contributed by atoms with Crippen LogP contribution in [-0.4, -0.2) is 21.8 Å². The Morgan fingerprint density at radius 2 is 1.59 bits per heavy atom. The van der Waals surface area contributed by atoms with Gasteiger partial charge in [0.2, 0.25) is 0 Å². The molecular formula is C18H29NO3. The first-order chi connectivity index (χ1) is 10.6. The summed E-state index contributed by atoms with van der Waals surface area (Å²) in [5, 5.41) is 8.70. The molecule has 0 aromatic carbocycles. The number of rotatable bonds is 13. The molecule has 0 bridgehead atoms. The van der Waals surface area contributed by atoms with Crippen LogP contribution in [-0.2, 0) is 11.2 Å². The molecule has 2 N–H and O–H groups in total. The van der Waals surface area contributed by atoms with E-state index in [2.05, 4.69) is 11.9 Å². The Balaban J connectivity index is 2.08. The molecule has 0 aliphatic carbocycles. The molecule has 0 spiro atoms. The highest BCUT2D eigenvalue weighted by Crippen LogP contribution is 2.13. The van der Waals surface area contributed by atoms with Crippen LogP contribution in [0.3, 0.4) is 0 Å². The number of unbranched alkanes of at least 4 members (excludes halogenated alkanes) is 8. The Kier molecular flexibility index (Phi) is 9.28. The van der Waals surface area contributed by atoms with E-state index in [1.165, 1.54) is 44.9 Å². The van der Waals surface area contributed by atoms with Crippen molar-refractivity contribution < 1.29 is 14.7 Å². The maximum Gasteiger partial charge on any atom is 0.309 e. The van der Waals surface area contributed by atoms with Crippen molar-refractivity contribution in [3.63, 3.8) is 0 Å². The summed E-state index contributed by atoms with van der Waals surface area (Å²) in [7, 11) is 0. The number of carboxylic acid groups (broad SMARTS) is 1. The lowest BCUT2D eigenvalue weighted by Crippen LogP contribution is -2.00. The number of H-pyrrole nitrogens is 1. The summed E-state index contributed by atoms with van der Waals surface area (Å²) in [6.07, 6.45) is 13.2. The molecule has 1 rings (SSSR count). The molecule has 4 nitrogen and oxygen atoms in total. The van der Waals surface area contributed by atoms with Crippen LogP contribution in [0.25, 0.3) is 0 Å². The Hall–Kier alpha value is -1.58. The highest BCUT2D eigenvalue weighted by Gasteiger charge is 2.09. The maximum atomic E-state index is 12.0. The van der Waals surface area contributed by atoms with E-state index < -0.39 is 5.97 Å². The summed E-state index contributed by atoms with van der Waals surface area (Å²) in [6.45, 7) is 2.23. The monoisotopic (exact) mass is 307 g/mol. The summed E-state index contributed by atoms with van der Waals surface area (Å²) >= 11 is 0. The number of carbonyl (C=O) groups is 2. The number of aromatic nitrogens is 1. The SMILES string of the molecule is CCCCCCCCCCCC(=O)c1c[nH]c(CC(=O)O)c1. The van der Waals surface area contributed by atoms with Crippen molar-refractivity contribution in [1.82, 2.24) is 4.98 Å². The molecule has 1 aromatic rings. The van der Waals surface area contributed by atoms with Gasteiger partial charge in [0.1, 0.15) is 0 Å². The number of aliphatic carboxylic acids is 1. The van der Waals surface area contributed by atoms with Gasteiger partial charge in [0, 0.05) is 23.9 Å². The average Bonchev–Trinajstić information content (AvgIpc) is 2.93. The van der Waals surface area contributed by atoms with E-state index in [4.69, 9.17) is 5.11 Å². The average molecular weight is 307 g/mol. The second kappa shape index (κ2) is 11.0. The fraction of sp³-hybridized carbons (Fsp3) is 0.667. The number of carbonyl (C=O) groups excluding carboxylic acids is 1. The van der Waals surface area contributed by atoms with Crippen LogP contribution < -0.4 is 0 Å². The number of aromatic amines is 1. The van der Waals surface area contributed by atoms with Gasteiger partial charge in [0.15, 0.2) is 5.78 Å². The van der Waals surface area contributed by atoms with Crippen LogP contribution >= 0.6 is 0 Å². The third-order valence-electron chi connectivity index (χ3n) is 3.91. The molecule has 0 aliphatic rings. The molecule has 1 aromatic heterocycles. The van der Waals surface area contributed by atoms with Crippen molar-refractivity contribution in [1.29, 1.82) is 0 Å². The van der Waals surface area contributed by atoms with Gasteiger partial charge in [-0.3, -0.25) is 9.59 Å². The normalized spacial score (nSPS) is 10.8. The first-order valence-electron chi connectivity index (χ1n) is 8.55. The number of carboxylic acids is 1. The highest BCUT2D eigenvalue weighted by molar-refractivity contribution is 5.96. The van der Waals surface area contributed by atoms with E-state index in [-0.39, 0.29) is 12.2 Å². The minimum absolute atomic E-state index is 0.0642. The van der Waals surface area contributed by atoms with Gasteiger partial charge in [0.05, 0.1) is 6.42 Å². The van der Waals surface area contributed by atoms with Crippen molar-refractivity contribution in [3.05, 3.63) is 23.5 Å². The zero-order valence-corrected chi connectivity index (χ0v) is 13.7. The van der Waals surface area contributed by atoms with Crippen molar-refractivity contribution in [3.8, 4) is 0 Å². The molecule has 0 fully saturated rings. The third kappa shape index (κ3) is 8.01. The van der Waals surface area contributed by atoms with Crippen molar-refractivity contribution >= 4 is 11.8 Å². The van der Waals surface area contributed by atoms with Crippen molar-refractivity contribution in [2.24, 2.45) is 0 Å². The van der Waals surface area contributed by atoms with E-state index in [0.717, 1.165) is 12.8 Å². The van der Waals surface area contributed by atoms with E-state index in [9.17, 15) is 9.59 Å². The zero-order chi connectivity index (χ0) is 16.2. The van der Waals surface area contributed by atoms with Crippen LogP contribution in [0.5, 0.6) is 0 Å². The standard InChI is InChI=1S/C18H29NO3/c1-2-3-4-5-6-7-8-9-10-11-17(20)15-12-16(19-14-15)13-18(21)22/h12,14,19H,2-11,13H2,1H3,(H,21,22). The van der Waals surface area contributed by atoms with E-state index in [1.807, 2.05) is 0 Å². The Bertz CT molecular complexity index is 451. The largest absolute Gasteiger partial charge is 0.481 e. The molecule has 0 radical (unpaired) electrons. The number of hydrogen-bond donors (Lipinski definition) is 2. The van der Waals surface area contributed by atoms with E-state index in [0.29, 0.717) is 17.7 Å². The predicted molar refractivity (Wildman–Crippen MR) is 88.3 cm³/mol. The van der Waals surface area contributed by atoms with Gasteiger partial charge in [-0.15, -0.1) is 0 Å². The van der Waals surface area contributed by atoms with Crippen LogP contribution in [0.2, 0.25) is 0 Å². The molecule has 0 saturated heterocycles. The van der Waals surface area contributed by atoms with Gasteiger partial charge in [-0.05, 0) is 12.5 Å². The molecule has 22 heavy (non-hydrogen) atoms. The first kappa shape index (κ1) is 18.5. The summed E-state index contributed by atoms with van der Waals surface area (Å²) in [6, 6.07) is 1.66. The molecular weight excluding hydrogens is 278 g/mol. The molecule has 0 saturated carbocycles. The van der Waals surface area contributed by atoms with Crippen molar-refractivity contribution in [2.45, 2.75) is 77.6 Å². The van der Waals surface area contributed by atoms with Crippen LogP contribution in [0.15, 0.2) is 12.3 Å². The Labute approximate surface area is 133 Å². The van der Waals surface area contributed by atoms with Crippen LogP contribution in [0.4, 0.5) is 0 Å². The van der Waals surface area contributed by atoms with Crippen LogP contribution in [0.1, 0.15) is 87.2 Å². The van der Waals surface area contributed by atoms with Gasteiger partial charge >= 0.3 is 5.97 Å². The lowest BCUT2D eigenvalue weighted by molar-refractivity contribution is -0.136. The minimum Gasteiger partial charge on any atom is -0.481 e. The fourth-order valence-corrected chi connectivity index (χ4v) is 2.61. The second-order valence-corrected chi connectivity index (χ2v) is 5.99. The first-order valence-corrected chi connectivity index (χ1v) is 8.55. The van der Waals surface area contributed by atoms with Crippen LogP contribution in [0, 0.1) is 0 Å². The summed E-state index contributed by atoms with van der Waals surface area (Å²) in [5.74, 6) is -0.782. The summed E-state index contributed by atoms with van der Waals surface area (Å²) in [4.78, 5) is 25.4. The smallest absolute Gasteiger partial charge is 0.309 e. The Morgan fingerprint density at radius 3 is 2.18 bits per heavy atom. The number of Topliss-reactive ketones (excluding diaryl/α,β-unsaturated/α-hetero) is 1. The van der Waals surface area contributed by atoms with Crippen molar-refractivity contribution in [2.75, 3.05) is 0 Å². The summed E-state index contributed by atoms with van der Waals surface area (Å²) < 4.78 is 0. The Morgan fingerprint density at radius 1 is 1.00 bits per heavy atom. The van der Waals surface area contributed by atoms with Gasteiger partial charge < -0.3 is 10.1 Å². The quantitative estimate of drug-likeness (QED) is 0.408. The molecule has 124 valence electrons. The van der Waals surface area contributed by atoms with E-state index in [1.54, 1.807) is 12.3 Å². The summed E-state index contributed by atoms with van der Waals surface area (Å²) in [5.41, 5.74) is 1.19. The maximum absolute atomic E-state index is 12.0. The molecule has 1 heterocycles. The number of ketones is 1. The van der Waals surface area contributed by atoms with E-state index >= 15 is 0 Å². The molecule has 0 unspecified atom stereocenters. The lowest BCUT2D eigenvalue weighted by atomic mass is 10.0.